The van der Waals surface area contributed by atoms with Crippen LogP contribution >= 0.6 is 12.0 Å². The van der Waals surface area contributed by atoms with Gasteiger partial charge in [-0.3, -0.25) is 4.55 Å². The summed E-state index contributed by atoms with van der Waals surface area (Å²) in [5, 5.41) is 35.9. The largest absolute Gasteiger partial charge is 0.379 e. The standard InChI is InChI=1S/C27H48N6O9S2/c1-39-25-15-19(32-30-17-5-3-7-21(13-17)43-42-41-35)9-11-23(25)28-27(34)29-24-12-10-20(16-26(24)40-2)33-31-18-6-4-8-22(14-18)44(36,37)38/h17-26,35H,3-16H2,1-2H3,(H2,28,29,34)(H,36,37,38). The van der Waals surface area contributed by atoms with Crippen LogP contribution in [0.3, 0.4) is 0 Å². The highest BCUT2D eigenvalue weighted by Gasteiger charge is 2.36. The molecule has 0 bridgehead atoms. The van der Waals surface area contributed by atoms with E-state index in [2.05, 4.69) is 40.5 Å². The molecule has 17 heteroatoms. The van der Waals surface area contributed by atoms with Crippen LogP contribution in [0.25, 0.3) is 0 Å². The molecular formula is C27H48N6O9S2. The maximum Gasteiger partial charge on any atom is 0.315 e. The Morgan fingerprint density at radius 3 is 1.73 bits per heavy atom. The Kier molecular flexibility index (Phi) is 14.0. The van der Waals surface area contributed by atoms with Crippen LogP contribution in [0.4, 0.5) is 4.79 Å². The van der Waals surface area contributed by atoms with Crippen molar-refractivity contribution in [1.82, 2.24) is 10.6 Å². The number of methoxy groups -OCH3 is 2. The van der Waals surface area contributed by atoms with E-state index in [1.165, 1.54) is 0 Å². The molecule has 0 aliphatic heterocycles. The van der Waals surface area contributed by atoms with Gasteiger partial charge in [0, 0.05) is 31.5 Å². The summed E-state index contributed by atoms with van der Waals surface area (Å²) < 4.78 is 48.5. The number of rotatable bonds is 12. The Bertz CT molecular complexity index is 1070. The van der Waals surface area contributed by atoms with Gasteiger partial charge >= 0.3 is 6.03 Å². The van der Waals surface area contributed by atoms with E-state index < -0.39 is 15.4 Å². The lowest BCUT2D eigenvalue weighted by atomic mass is 9.88. The number of carbonyl (C=O) groups excluding carboxylic acids is 1. The fraction of sp³-hybridized carbons (Fsp3) is 0.963. The minimum atomic E-state index is -4.06. The van der Waals surface area contributed by atoms with Crippen LogP contribution < -0.4 is 10.6 Å². The molecule has 10 unspecified atom stereocenters. The van der Waals surface area contributed by atoms with Crippen molar-refractivity contribution < 1.29 is 41.9 Å². The van der Waals surface area contributed by atoms with E-state index in [4.69, 9.17) is 14.7 Å². The molecule has 0 radical (unpaired) electrons. The molecular weight excluding hydrogens is 616 g/mol. The maximum absolute atomic E-state index is 13.0. The molecule has 4 aliphatic carbocycles. The minimum Gasteiger partial charge on any atom is -0.379 e. The first-order valence-electron chi connectivity index (χ1n) is 15.7. The molecule has 44 heavy (non-hydrogen) atoms. The van der Waals surface area contributed by atoms with Gasteiger partial charge in [0.25, 0.3) is 10.1 Å². The van der Waals surface area contributed by atoms with E-state index in [0.717, 1.165) is 63.4 Å². The van der Waals surface area contributed by atoms with Crippen LogP contribution in [0.5, 0.6) is 0 Å². The third-order valence-corrected chi connectivity index (χ3v) is 11.5. The second-order valence-electron chi connectivity index (χ2n) is 12.4. The number of nitrogens with one attached hydrogen (secondary N) is 2. The van der Waals surface area contributed by atoms with E-state index in [1.54, 1.807) is 14.2 Å². The number of carbonyl (C=O) groups is 1. The highest BCUT2D eigenvalue weighted by Crippen LogP contribution is 2.32. The molecule has 0 aromatic heterocycles. The third kappa shape index (κ3) is 10.8. The molecule has 10 atom stereocenters. The molecule has 4 rings (SSSR count). The molecule has 4 fully saturated rings. The molecule has 4 saturated carbocycles. The van der Waals surface area contributed by atoms with E-state index in [-0.39, 0.29) is 59.7 Å². The van der Waals surface area contributed by atoms with Crippen molar-refractivity contribution in [2.24, 2.45) is 20.5 Å². The zero-order valence-corrected chi connectivity index (χ0v) is 27.2. The molecule has 4 N–H and O–H groups in total. The summed E-state index contributed by atoms with van der Waals surface area (Å²) in [6, 6.07) is -0.732. The van der Waals surface area contributed by atoms with Crippen LogP contribution in [-0.4, -0.2) is 97.4 Å². The van der Waals surface area contributed by atoms with Crippen LogP contribution in [-0.2, 0) is 29.0 Å². The molecule has 0 heterocycles. The van der Waals surface area contributed by atoms with Gasteiger partial charge < -0.3 is 20.1 Å². The summed E-state index contributed by atoms with van der Waals surface area (Å²) in [7, 11) is -0.793. The van der Waals surface area contributed by atoms with Gasteiger partial charge in [-0.15, -0.1) is 4.33 Å². The minimum absolute atomic E-state index is 0.0287. The summed E-state index contributed by atoms with van der Waals surface area (Å²) in [5.41, 5.74) is 0. The number of urea groups is 1. The predicted molar refractivity (Wildman–Crippen MR) is 162 cm³/mol. The summed E-state index contributed by atoms with van der Waals surface area (Å²) in [6.07, 6.45) is 9.73. The predicted octanol–water partition coefficient (Wildman–Crippen LogP) is 4.64. The Hall–Kier alpha value is -1.47. The van der Waals surface area contributed by atoms with Gasteiger partial charge in [-0.1, -0.05) is 11.5 Å². The number of azo groups is 2. The first-order chi connectivity index (χ1) is 21.2. The van der Waals surface area contributed by atoms with Gasteiger partial charge in [-0.2, -0.15) is 28.9 Å². The number of hydrogen-bond donors (Lipinski definition) is 4. The lowest BCUT2D eigenvalue weighted by Crippen LogP contribution is -2.56. The highest BCUT2D eigenvalue weighted by molar-refractivity contribution is 7.95. The van der Waals surface area contributed by atoms with Gasteiger partial charge in [0.05, 0.1) is 53.7 Å². The molecule has 0 aromatic carbocycles. The van der Waals surface area contributed by atoms with E-state index in [1.807, 2.05) is 0 Å². The topological polar surface area (TPSA) is 202 Å². The average Bonchev–Trinajstić information content (AvgIpc) is 3.02. The highest BCUT2D eigenvalue weighted by atomic mass is 32.2. The zero-order valence-electron chi connectivity index (χ0n) is 25.5. The van der Waals surface area contributed by atoms with Crippen molar-refractivity contribution in [2.45, 2.75) is 149 Å². The lowest BCUT2D eigenvalue weighted by Gasteiger charge is -2.36. The van der Waals surface area contributed by atoms with Crippen LogP contribution in [0, 0.1) is 0 Å². The molecule has 2 amide bonds. The SMILES string of the molecule is COC1CC(N=NC2CCCC(SOOO)C2)CCC1NC(=O)NC1CCC(N=NC2CCCC(S(=O)(=O)O)C2)CC1OC. The lowest BCUT2D eigenvalue weighted by molar-refractivity contribution is -0.432. The summed E-state index contributed by atoms with van der Waals surface area (Å²) in [4.78, 5) is 13.0. The van der Waals surface area contributed by atoms with Gasteiger partial charge in [0.1, 0.15) is 0 Å². The molecule has 252 valence electrons. The van der Waals surface area contributed by atoms with E-state index in [0.29, 0.717) is 38.5 Å². The number of ether oxygens (including phenoxy) is 2. The van der Waals surface area contributed by atoms with E-state index >= 15 is 0 Å². The quantitative estimate of drug-likeness (QED) is 0.0748. The Labute approximate surface area is 263 Å². The Balaban J connectivity index is 1.20. The Morgan fingerprint density at radius 1 is 0.727 bits per heavy atom. The van der Waals surface area contributed by atoms with Crippen molar-refractivity contribution in [3.63, 3.8) is 0 Å². The monoisotopic (exact) mass is 664 g/mol. The van der Waals surface area contributed by atoms with Crippen molar-refractivity contribution in [3.8, 4) is 0 Å². The average molecular weight is 665 g/mol. The summed E-state index contributed by atoms with van der Waals surface area (Å²) in [5.74, 6) is 0. The molecule has 4 aliphatic rings. The summed E-state index contributed by atoms with van der Waals surface area (Å²) in [6.45, 7) is 0. The van der Waals surface area contributed by atoms with Gasteiger partial charge in [0.15, 0.2) is 0 Å². The molecule has 15 nitrogen and oxygen atoms in total. The van der Waals surface area contributed by atoms with Crippen molar-refractivity contribution in [1.29, 1.82) is 0 Å². The first-order valence-corrected chi connectivity index (χ1v) is 18.0. The fourth-order valence-corrected chi connectivity index (χ4v) is 8.55. The third-order valence-electron chi connectivity index (χ3n) is 9.38. The van der Waals surface area contributed by atoms with Gasteiger partial charge in [-0.05, 0) is 83.5 Å². The van der Waals surface area contributed by atoms with Crippen LogP contribution in [0.1, 0.15) is 89.9 Å². The zero-order chi connectivity index (χ0) is 31.5. The maximum atomic E-state index is 13.0. The van der Waals surface area contributed by atoms with Crippen LogP contribution in [0.15, 0.2) is 20.5 Å². The Morgan fingerprint density at radius 2 is 1.23 bits per heavy atom. The van der Waals surface area contributed by atoms with Crippen LogP contribution in [0.2, 0.25) is 0 Å². The fourth-order valence-electron chi connectivity index (χ4n) is 6.91. The second-order valence-corrected chi connectivity index (χ2v) is 15.1. The number of nitrogens with zero attached hydrogens (tertiary/aromatic N) is 4. The molecule has 0 spiro atoms. The normalized spacial score (nSPS) is 37.3. The summed E-state index contributed by atoms with van der Waals surface area (Å²) >= 11 is 1.11. The van der Waals surface area contributed by atoms with Crippen molar-refractivity contribution >= 4 is 28.2 Å². The molecule has 0 aromatic rings. The van der Waals surface area contributed by atoms with Crippen molar-refractivity contribution in [2.75, 3.05) is 14.2 Å². The number of hydrogen-bond acceptors (Lipinski definition) is 13. The number of amides is 2. The smallest absolute Gasteiger partial charge is 0.315 e. The van der Waals surface area contributed by atoms with E-state index in [9.17, 15) is 17.8 Å². The van der Waals surface area contributed by atoms with Gasteiger partial charge in [-0.25, -0.2) is 10.1 Å². The van der Waals surface area contributed by atoms with Crippen molar-refractivity contribution in [3.05, 3.63) is 0 Å². The second kappa shape index (κ2) is 17.4. The first kappa shape index (κ1) is 35.4. The van der Waals surface area contributed by atoms with Gasteiger partial charge in [0.2, 0.25) is 0 Å². The molecule has 0 saturated heterocycles.